The number of esters is 2. The number of ether oxygens (including phenoxy) is 2. The zero-order chi connectivity index (χ0) is 41.8. The predicted octanol–water partition coefficient (Wildman–Crippen LogP) is 7.33. The maximum Gasteiger partial charge on any atom is 0.333 e. The molecule has 0 radical (unpaired) electrons. The summed E-state index contributed by atoms with van der Waals surface area (Å²) in [5.74, 6) is -2.95. The zero-order valence-electron chi connectivity index (χ0n) is 30.9. The molecule has 2 saturated heterocycles. The van der Waals surface area contributed by atoms with Crippen molar-refractivity contribution < 1.29 is 28.7 Å². The molecule has 0 spiro atoms. The summed E-state index contributed by atoms with van der Waals surface area (Å²) in [6, 6.07) is 28.2. The van der Waals surface area contributed by atoms with E-state index < -0.39 is 29.2 Å². The van der Waals surface area contributed by atoms with E-state index in [1.54, 1.807) is 62.4 Å². The van der Waals surface area contributed by atoms with Gasteiger partial charge in [-0.25, -0.2) is 9.98 Å². The Morgan fingerprint density at radius 3 is 1.36 bits per heavy atom. The maximum absolute atomic E-state index is 14.8. The van der Waals surface area contributed by atoms with Gasteiger partial charge in [-0.15, -0.1) is 22.7 Å². The van der Waals surface area contributed by atoms with Gasteiger partial charge in [0.25, 0.3) is 11.8 Å². The fourth-order valence-electron chi connectivity index (χ4n) is 6.42. The standard InChI is InChI=1S/C41H26N8O6S4/c1-3-48-35(50)33(58-37(48)25(17-42)18-43)46-29-15-27-31(56-29)32-28(16-30(57-32)47-34-36(51)49(4-2)38(59-34)26(19-44)20-45)41(27,39(52)54-21-23-11-7-5-8-12-23)40(53)55-22-24-13-9-6-10-14-24/h5-16H,3-4,21-22H2,1-2H3/b46-33-,47-34-. The monoisotopic (exact) mass is 854 g/mol. The lowest BCUT2D eigenvalue weighted by atomic mass is 9.79. The first kappa shape index (κ1) is 40.4. The molecular formula is C41H26N8O6S4. The van der Waals surface area contributed by atoms with Crippen LogP contribution in [-0.2, 0) is 47.3 Å². The van der Waals surface area contributed by atoms with Crippen molar-refractivity contribution in [2.45, 2.75) is 32.5 Å². The number of benzene rings is 2. The minimum atomic E-state index is -2.22. The van der Waals surface area contributed by atoms with Crippen molar-refractivity contribution in [2.24, 2.45) is 9.98 Å². The number of nitrogens with zero attached hydrogens (tertiary/aromatic N) is 8. The molecule has 2 fully saturated rings. The fraction of sp³-hybridized carbons (Fsp3) is 0.171. The third-order valence-corrected chi connectivity index (χ3v) is 13.5. The highest BCUT2D eigenvalue weighted by Gasteiger charge is 2.60. The third kappa shape index (κ3) is 7.20. The minimum absolute atomic E-state index is 0.0256. The lowest BCUT2D eigenvalue weighted by Gasteiger charge is -2.26. The Kier molecular flexibility index (Phi) is 11.6. The van der Waals surface area contributed by atoms with Gasteiger partial charge in [0.2, 0.25) is 5.41 Å². The topological polar surface area (TPSA) is 213 Å². The van der Waals surface area contributed by atoms with E-state index in [4.69, 9.17) is 9.47 Å². The van der Waals surface area contributed by atoms with Gasteiger partial charge in [-0.05, 0) is 60.6 Å². The van der Waals surface area contributed by atoms with Gasteiger partial charge >= 0.3 is 11.9 Å². The van der Waals surface area contributed by atoms with Crippen molar-refractivity contribution in [3.05, 3.63) is 116 Å². The van der Waals surface area contributed by atoms with Gasteiger partial charge in [-0.2, -0.15) is 21.0 Å². The highest BCUT2D eigenvalue weighted by atomic mass is 32.2. The average Bonchev–Trinajstić information content (AvgIpc) is 4.05. The molecule has 2 aromatic heterocycles. The van der Waals surface area contributed by atoms with Crippen molar-refractivity contribution in [1.82, 2.24) is 9.80 Å². The molecule has 0 N–H and O–H groups in total. The molecule has 1 aliphatic carbocycles. The second kappa shape index (κ2) is 17.0. The molecule has 290 valence electrons. The summed E-state index contributed by atoms with van der Waals surface area (Å²) in [7, 11) is 0. The minimum Gasteiger partial charge on any atom is -0.459 e. The number of hydrogen-bond donors (Lipinski definition) is 0. The maximum atomic E-state index is 14.8. The molecule has 7 rings (SSSR count). The molecule has 4 aromatic rings. The molecular weight excluding hydrogens is 829 g/mol. The Hall–Kier alpha value is -6.80. The number of aliphatic imine (C=N–C) groups is 2. The lowest BCUT2D eigenvalue weighted by Crippen LogP contribution is -2.45. The molecule has 3 aliphatic rings. The van der Waals surface area contributed by atoms with Gasteiger partial charge in [0.1, 0.15) is 57.6 Å². The first-order valence-electron chi connectivity index (χ1n) is 17.6. The number of thiophene rings is 2. The Bertz CT molecular complexity index is 2520. The second-order valence-corrected chi connectivity index (χ2v) is 16.5. The number of carbonyl (C=O) groups excluding carboxylic acids is 4. The van der Waals surface area contributed by atoms with Crippen LogP contribution in [0, 0.1) is 45.3 Å². The smallest absolute Gasteiger partial charge is 0.333 e. The molecule has 0 atom stereocenters. The van der Waals surface area contributed by atoms with E-state index in [0.29, 0.717) is 20.9 Å². The number of allylic oxidation sites excluding steroid dienone is 2. The predicted molar refractivity (Wildman–Crippen MR) is 222 cm³/mol. The van der Waals surface area contributed by atoms with Gasteiger partial charge in [-0.3, -0.25) is 29.0 Å². The Labute approximate surface area is 353 Å². The molecule has 2 aromatic carbocycles. The van der Waals surface area contributed by atoms with Crippen molar-refractivity contribution in [1.29, 1.82) is 21.0 Å². The Morgan fingerprint density at radius 1 is 0.644 bits per heavy atom. The fourth-order valence-corrected chi connectivity index (χ4v) is 11.0. The molecule has 14 nitrogen and oxygen atoms in total. The highest BCUT2D eigenvalue weighted by molar-refractivity contribution is 8.20. The summed E-state index contributed by atoms with van der Waals surface area (Å²) in [6.07, 6.45) is 0. The number of rotatable bonds is 10. The van der Waals surface area contributed by atoms with Crippen molar-refractivity contribution in [3.8, 4) is 34.0 Å². The van der Waals surface area contributed by atoms with Gasteiger partial charge in [0, 0.05) is 24.2 Å². The van der Waals surface area contributed by atoms with Gasteiger partial charge < -0.3 is 9.47 Å². The average molecular weight is 855 g/mol. The highest BCUT2D eigenvalue weighted by Crippen LogP contribution is 2.60. The van der Waals surface area contributed by atoms with Crippen LogP contribution in [0.25, 0.3) is 9.75 Å². The SMILES string of the molecule is CCN1C(=O)/C(=N/c2cc3c(s2)-c2sc(/N=C4\SC(=C(C#N)C#N)N(CC)C4=O)cc2C3(C(=O)OCc2ccccc2)C(=O)OCc2ccccc2)SC1=C(C#N)C#N. The van der Waals surface area contributed by atoms with E-state index in [2.05, 4.69) is 9.98 Å². The zero-order valence-corrected chi connectivity index (χ0v) is 34.2. The number of amides is 2. The van der Waals surface area contributed by atoms with Crippen LogP contribution in [0.4, 0.5) is 10.0 Å². The van der Waals surface area contributed by atoms with Gasteiger partial charge in [0.05, 0.1) is 9.75 Å². The number of carbonyl (C=O) groups is 4. The van der Waals surface area contributed by atoms with Crippen LogP contribution in [0.5, 0.6) is 0 Å². The van der Waals surface area contributed by atoms with E-state index in [9.17, 15) is 40.2 Å². The number of nitriles is 4. The van der Waals surface area contributed by atoms with Crippen LogP contribution in [0.3, 0.4) is 0 Å². The normalized spacial score (nSPS) is 16.3. The molecule has 0 unspecified atom stereocenters. The lowest BCUT2D eigenvalue weighted by molar-refractivity contribution is -0.164. The molecule has 2 amide bonds. The van der Waals surface area contributed by atoms with Gasteiger partial charge in [-0.1, -0.05) is 60.7 Å². The van der Waals surface area contributed by atoms with Crippen molar-refractivity contribution in [2.75, 3.05) is 13.1 Å². The number of thioether (sulfide) groups is 2. The molecule has 59 heavy (non-hydrogen) atoms. The number of hydrogen-bond acceptors (Lipinski definition) is 16. The molecule has 0 bridgehead atoms. The van der Waals surface area contributed by atoms with Crippen LogP contribution < -0.4 is 0 Å². The van der Waals surface area contributed by atoms with Gasteiger partial charge in [0.15, 0.2) is 21.2 Å². The molecule has 2 aliphatic heterocycles. The Balaban J connectivity index is 1.39. The van der Waals surface area contributed by atoms with E-state index in [1.807, 2.05) is 36.4 Å². The van der Waals surface area contributed by atoms with Crippen molar-refractivity contribution >= 4 is 90.0 Å². The van der Waals surface area contributed by atoms with E-state index in [1.165, 1.54) is 21.9 Å². The number of fused-ring (bicyclic) bond motifs is 3. The summed E-state index contributed by atoms with van der Waals surface area (Å²) < 4.78 is 11.9. The van der Waals surface area contributed by atoms with Crippen LogP contribution in [-0.4, -0.2) is 56.7 Å². The Morgan fingerprint density at radius 2 is 1.02 bits per heavy atom. The third-order valence-electron chi connectivity index (χ3n) is 9.15. The molecule has 4 heterocycles. The molecule has 18 heteroatoms. The summed E-state index contributed by atoms with van der Waals surface area (Å²) >= 11 is 3.92. The summed E-state index contributed by atoms with van der Waals surface area (Å²) in [4.78, 5) is 69.3. The van der Waals surface area contributed by atoms with E-state index in [0.717, 1.165) is 46.2 Å². The first-order chi connectivity index (χ1) is 28.6. The summed E-state index contributed by atoms with van der Waals surface area (Å²) in [5, 5.41) is 38.9. The second-order valence-electron chi connectivity index (χ2n) is 12.5. The van der Waals surface area contributed by atoms with E-state index >= 15 is 0 Å². The first-order valence-corrected chi connectivity index (χ1v) is 20.9. The van der Waals surface area contributed by atoms with Crippen LogP contribution in [0.1, 0.15) is 36.1 Å². The largest absolute Gasteiger partial charge is 0.459 e. The van der Waals surface area contributed by atoms with Crippen molar-refractivity contribution in [3.63, 3.8) is 0 Å². The quantitative estimate of drug-likeness (QED) is 0.0871. The van der Waals surface area contributed by atoms with Crippen LogP contribution in [0.15, 0.2) is 104 Å². The molecule has 0 saturated carbocycles. The summed E-state index contributed by atoms with van der Waals surface area (Å²) in [6.45, 7) is 3.37. The summed E-state index contributed by atoms with van der Waals surface area (Å²) in [5.41, 5.74) is -0.992. The van der Waals surface area contributed by atoms with E-state index in [-0.39, 0.29) is 78.7 Å². The van der Waals surface area contributed by atoms with Crippen LogP contribution >= 0.6 is 46.2 Å². The van der Waals surface area contributed by atoms with Crippen LogP contribution in [0.2, 0.25) is 0 Å².